The number of aromatic nitrogens is 2. The number of carbonyl (C=O) groups is 1. The fourth-order valence-electron chi connectivity index (χ4n) is 2.96. The molecule has 3 aromatic rings. The van der Waals surface area contributed by atoms with Gasteiger partial charge < -0.3 is 9.64 Å². The van der Waals surface area contributed by atoms with Crippen LogP contribution in [0.3, 0.4) is 0 Å². The number of morpholine rings is 1. The SMILES string of the molecule is CC1CN(C(=O)c2nc3cccnc3s2)C(c2ccccc2)CO1. The molecule has 0 bridgehead atoms. The summed E-state index contributed by atoms with van der Waals surface area (Å²) in [5.74, 6) is -0.0537. The number of carbonyl (C=O) groups excluding carboxylic acids is 1. The minimum atomic E-state index is -0.0881. The molecular weight excluding hydrogens is 322 g/mol. The lowest BCUT2D eigenvalue weighted by molar-refractivity contribution is -0.0447. The molecule has 1 aliphatic heterocycles. The predicted molar refractivity (Wildman–Crippen MR) is 93.0 cm³/mol. The number of hydrogen-bond acceptors (Lipinski definition) is 5. The molecule has 2 atom stereocenters. The molecule has 6 heteroatoms. The van der Waals surface area contributed by atoms with E-state index in [9.17, 15) is 4.79 Å². The van der Waals surface area contributed by atoms with Gasteiger partial charge in [-0.2, -0.15) is 0 Å². The Bertz CT molecular complexity index is 832. The molecule has 2 aromatic heterocycles. The monoisotopic (exact) mass is 339 g/mol. The largest absolute Gasteiger partial charge is 0.374 e. The molecule has 0 saturated carbocycles. The van der Waals surface area contributed by atoms with Crippen LogP contribution >= 0.6 is 11.3 Å². The molecule has 0 radical (unpaired) electrons. The molecule has 5 nitrogen and oxygen atoms in total. The summed E-state index contributed by atoms with van der Waals surface area (Å²) in [6, 6.07) is 13.6. The molecule has 0 spiro atoms. The van der Waals surface area contributed by atoms with Crippen molar-refractivity contribution in [2.75, 3.05) is 13.2 Å². The van der Waals surface area contributed by atoms with Gasteiger partial charge in [-0.05, 0) is 24.6 Å². The van der Waals surface area contributed by atoms with Crippen LogP contribution in [0.5, 0.6) is 0 Å². The summed E-state index contributed by atoms with van der Waals surface area (Å²) >= 11 is 1.34. The summed E-state index contributed by atoms with van der Waals surface area (Å²) in [5.41, 5.74) is 1.85. The van der Waals surface area contributed by atoms with Gasteiger partial charge in [0.2, 0.25) is 0 Å². The maximum Gasteiger partial charge on any atom is 0.283 e. The van der Waals surface area contributed by atoms with E-state index in [1.54, 1.807) is 6.20 Å². The molecule has 3 heterocycles. The number of benzene rings is 1. The van der Waals surface area contributed by atoms with Crippen LogP contribution in [0.2, 0.25) is 0 Å². The Morgan fingerprint density at radius 1 is 1.25 bits per heavy atom. The number of rotatable bonds is 2. The van der Waals surface area contributed by atoms with Crippen LogP contribution in [0.1, 0.15) is 28.3 Å². The van der Waals surface area contributed by atoms with Crippen LogP contribution in [-0.2, 0) is 4.74 Å². The van der Waals surface area contributed by atoms with E-state index >= 15 is 0 Å². The first-order valence-corrected chi connectivity index (χ1v) is 8.73. The van der Waals surface area contributed by atoms with Crippen LogP contribution < -0.4 is 0 Å². The molecular formula is C18H17N3O2S. The Balaban J connectivity index is 1.69. The van der Waals surface area contributed by atoms with E-state index in [0.717, 1.165) is 15.9 Å². The molecule has 24 heavy (non-hydrogen) atoms. The smallest absolute Gasteiger partial charge is 0.283 e. The third-order valence-electron chi connectivity index (χ3n) is 4.16. The second-order valence-corrected chi connectivity index (χ2v) is 6.85. The van der Waals surface area contributed by atoms with Crippen molar-refractivity contribution >= 4 is 27.6 Å². The number of ether oxygens (including phenoxy) is 1. The quantitative estimate of drug-likeness (QED) is 0.719. The normalized spacial score (nSPS) is 21.1. The summed E-state index contributed by atoms with van der Waals surface area (Å²) in [5, 5.41) is 0.485. The summed E-state index contributed by atoms with van der Waals surface area (Å²) in [6.07, 6.45) is 1.74. The maximum absolute atomic E-state index is 13.1. The minimum Gasteiger partial charge on any atom is -0.374 e. The Hall–Kier alpha value is -2.31. The lowest BCUT2D eigenvalue weighted by atomic mass is 10.0. The topological polar surface area (TPSA) is 55.3 Å². The fraction of sp³-hybridized carbons (Fsp3) is 0.278. The van der Waals surface area contributed by atoms with E-state index in [0.29, 0.717) is 18.2 Å². The summed E-state index contributed by atoms with van der Waals surface area (Å²) in [6.45, 7) is 3.04. The van der Waals surface area contributed by atoms with E-state index in [-0.39, 0.29) is 18.1 Å². The Kier molecular flexibility index (Phi) is 4.00. The van der Waals surface area contributed by atoms with Crippen LogP contribution in [0.25, 0.3) is 10.3 Å². The Morgan fingerprint density at radius 2 is 2.08 bits per heavy atom. The van der Waals surface area contributed by atoms with Gasteiger partial charge >= 0.3 is 0 Å². The zero-order chi connectivity index (χ0) is 16.5. The van der Waals surface area contributed by atoms with Gasteiger partial charge in [-0.3, -0.25) is 4.79 Å². The molecule has 1 aromatic carbocycles. The maximum atomic E-state index is 13.1. The molecule has 1 amide bonds. The average molecular weight is 339 g/mol. The van der Waals surface area contributed by atoms with E-state index in [2.05, 4.69) is 9.97 Å². The third kappa shape index (κ3) is 2.79. The van der Waals surface area contributed by atoms with Gasteiger partial charge in [0.05, 0.1) is 18.8 Å². The van der Waals surface area contributed by atoms with Gasteiger partial charge in [0.1, 0.15) is 10.3 Å². The average Bonchev–Trinajstić information content (AvgIpc) is 3.06. The van der Waals surface area contributed by atoms with Crippen molar-refractivity contribution in [2.45, 2.75) is 19.1 Å². The molecule has 4 rings (SSSR count). The minimum absolute atomic E-state index is 0.0152. The van der Waals surface area contributed by atoms with Crippen LogP contribution in [0.4, 0.5) is 0 Å². The highest BCUT2D eigenvalue weighted by Crippen LogP contribution is 2.29. The van der Waals surface area contributed by atoms with Gasteiger partial charge in [0.25, 0.3) is 5.91 Å². The molecule has 122 valence electrons. The van der Waals surface area contributed by atoms with Crippen molar-refractivity contribution in [3.05, 3.63) is 59.2 Å². The molecule has 1 saturated heterocycles. The number of nitrogens with zero attached hydrogens (tertiary/aromatic N) is 3. The van der Waals surface area contributed by atoms with Crippen LogP contribution in [0.15, 0.2) is 48.7 Å². The standard InChI is InChI=1S/C18H17N3O2S/c1-12-10-21(15(11-23-12)13-6-3-2-4-7-13)18(22)17-20-14-8-5-9-19-16(14)24-17/h2-9,12,15H,10-11H2,1H3. The second kappa shape index (κ2) is 6.30. The molecule has 1 fully saturated rings. The molecule has 2 unspecified atom stereocenters. The summed E-state index contributed by atoms with van der Waals surface area (Å²) < 4.78 is 5.80. The molecule has 1 aliphatic rings. The Morgan fingerprint density at radius 3 is 2.88 bits per heavy atom. The number of fused-ring (bicyclic) bond motifs is 1. The first-order valence-electron chi connectivity index (χ1n) is 7.91. The van der Waals surface area contributed by atoms with E-state index < -0.39 is 0 Å². The highest BCUT2D eigenvalue weighted by molar-refractivity contribution is 7.19. The van der Waals surface area contributed by atoms with Gasteiger partial charge in [-0.15, -0.1) is 0 Å². The molecule has 0 aliphatic carbocycles. The zero-order valence-corrected chi connectivity index (χ0v) is 14.1. The van der Waals surface area contributed by atoms with Crippen molar-refractivity contribution in [1.82, 2.24) is 14.9 Å². The van der Waals surface area contributed by atoms with Gasteiger partial charge in [-0.25, -0.2) is 9.97 Å². The van der Waals surface area contributed by atoms with Crippen molar-refractivity contribution in [3.63, 3.8) is 0 Å². The van der Waals surface area contributed by atoms with Gasteiger partial charge in [-0.1, -0.05) is 41.7 Å². The summed E-state index contributed by atoms with van der Waals surface area (Å²) in [7, 11) is 0. The lowest BCUT2D eigenvalue weighted by Gasteiger charge is -2.38. The van der Waals surface area contributed by atoms with Gasteiger partial charge in [0, 0.05) is 12.7 Å². The number of amides is 1. The Labute approximate surface area is 143 Å². The predicted octanol–water partition coefficient (Wildman–Crippen LogP) is 3.29. The number of pyridine rings is 1. The van der Waals surface area contributed by atoms with E-state index in [4.69, 9.17) is 4.74 Å². The van der Waals surface area contributed by atoms with Crippen molar-refractivity contribution < 1.29 is 9.53 Å². The van der Waals surface area contributed by atoms with E-state index in [1.165, 1.54) is 11.3 Å². The fourth-order valence-corrected chi connectivity index (χ4v) is 3.83. The van der Waals surface area contributed by atoms with Crippen molar-refractivity contribution in [1.29, 1.82) is 0 Å². The second-order valence-electron chi connectivity index (χ2n) is 5.87. The zero-order valence-electron chi connectivity index (χ0n) is 13.3. The number of thiazole rings is 1. The van der Waals surface area contributed by atoms with Gasteiger partial charge in [0.15, 0.2) is 5.01 Å². The van der Waals surface area contributed by atoms with E-state index in [1.807, 2.05) is 54.3 Å². The highest BCUT2D eigenvalue weighted by atomic mass is 32.1. The van der Waals surface area contributed by atoms with Crippen LogP contribution in [-0.4, -0.2) is 40.0 Å². The first kappa shape index (κ1) is 15.2. The third-order valence-corrected chi connectivity index (χ3v) is 5.13. The summed E-state index contributed by atoms with van der Waals surface area (Å²) in [4.78, 5) is 24.5. The van der Waals surface area contributed by atoms with Crippen molar-refractivity contribution in [2.24, 2.45) is 0 Å². The lowest BCUT2D eigenvalue weighted by Crippen LogP contribution is -2.46. The molecule has 0 N–H and O–H groups in total. The van der Waals surface area contributed by atoms with Crippen molar-refractivity contribution in [3.8, 4) is 0 Å². The highest BCUT2D eigenvalue weighted by Gasteiger charge is 2.33. The number of hydrogen-bond donors (Lipinski definition) is 0. The van der Waals surface area contributed by atoms with Crippen LogP contribution in [0, 0.1) is 0 Å². The first-order chi connectivity index (χ1) is 11.7.